The van der Waals surface area contributed by atoms with E-state index >= 15 is 0 Å². The van der Waals surface area contributed by atoms with Crippen molar-refractivity contribution in [1.29, 1.82) is 0 Å². The number of aromatic nitrogens is 1. The van der Waals surface area contributed by atoms with E-state index in [2.05, 4.69) is 15.0 Å². The molecule has 2 rings (SSSR count). The van der Waals surface area contributed by atoms with Crippen LogP contribution in [0.5, 0.6) is 5.75 Å². The third-order valence-electron chi connectivity index (χ3n) is 2.45. The van der Waals surface area contributed by atoms with Crippen LogP contribution in [-0.4, -0.2) is 16.5 Å². The molecule has 1 heterocycles. The van der Waals surface area contributed by atoms with E-state index in [1.54, 1.807) is 6.07 Å². The molecule has 21 heavy (non-hydrogen) atoms. The monoisotopic (exact) mass is 296 g/mol. The highest BCUT2D eigenvalue weighted by molar-refractivity contribution is 5.71. The molecule has 7 nitrogen and oxygen atoms in total. The number of hydrogen-bond donors (Lipinski definition) is 2. The van der Waals surface area contributed by atoms with Crippen molar-refractivity contribution in [3.8, 4) is 5.75 Å². The fourth-order valence-electron chi connectivity index (χ4n) is 1.60. The molecule has 0 spiro atoms. The van der Waals surface area contributed by atoms with Gasteiger partial charge in [0.25, 0.3) is 0 Å². The summed E-state index contributed by atoms with van der Waals surface area (Å²) in [5, 5.41) is 13.5. The van der Waals surface area contributed by atoms with E-state index in [1.807, 2.05) is 0 Å². The molecule has 0 aliphatic heterocycles. The van der Waals surface area contributed by atoms with Gasteiger partial charge in [0, 0.05) is 6.07 Å². The summed E-state index contributed by atoms with van der Waals surface area (Å²) in [6.07, 6.45) is 0. The topological polar surface area (TPSA) is 103 Å². The van der Waals surface area contributed by atoms with Crippen molar-refractivity contribution in [2.45, 2.75) is 6.61 Å². The van der Waals surface area contributed by atoms with E-state index in [-0.39, 0.29) is 28.8 Å². The summed E-state index contributed by atoms with van der Waals surface area (Å²) in [6, 6.07) is 8.20. The number of halogens is 2. The molecule has 0 saturated heterocycles. The predicted molar refractivity (Wildman–Crippen MR) is 71.7 cm³/mol. The van der Waals surface area contributed by atoms with Crippen molar-refractivity contribution >= 4 is 23.0 Å². The summed E-state index contributed by atoms with van der Waals surface area (Å²) in [5.74, 6) is -0.272. The van der Waals surface area contributed by atoms with Crippen LogP contribution in [0.3, 0.4) is 0 Å². The fraction of sp³-hybridized carbons (Fsp3) is 0.0833. The summed E-state index contributed by atoms with van der Waals surface area (Å²) >= 11 is 0. The lowest BCUT2D eigenvalue weighted by molar-refractivity contribution is -0.384. The number of nitrogens with one attached hydrogen (secondary N) is 1. The second-order valence-electron chi connectivity index (χ2n) is 3.86. The van der Waals surface area contributed by atoms with E-state index in [9.17, 15) is 18.9 Å². The standard InChI is InChI=1S/C12H10F2N4O3/c13-12(14)21-9-4-2-1-3-7(9)16-11-8(18(19)20)5-6-10(15)17-11/h1-6,12H,(H3,15,16,17). The number of nitrogen functional groups attached to an aromatic ring is 1. The summed E-state index contributed by atoms with van der Waals surface area (Å²) in [7, 11) is 0. The minimum absolute atomic E-state index is 0.0513. The van der Waals surface area contributed by atoms with E-state index in [0.29, 0.717) is 0 Å². The number of alkyl halides is 2. The molecule has 0 radical (unpaired) electrons. The number of pyridine rings is 1. The van der Waals surface area contributed by atoms with Crippen molar-refractivity contribution in [2.75, 3.05) is 11.1 Å². The predicted octanol–water partition coefficient (Wildman–Crippen LogP) is 2.92. The Morgan fingerprint density at radius 1 is 1.29 bits per heavy atom. The molecule has 3 N–H and O–H groups in total. The minimum Gasteiger partial charge on any atom is -0.433 e. The van der Waals surface area contributed by atoms with Crippen LogP contribution in [0.1, 0.15) is 0 Å². The van der Waals surface area contributed by atoms with Gasteiger partial charge < -0.3 is 15.8 Å². The maximum atomic E-state index is 12.3. The van der Waals surface area contributed by atoms with Gasteiger partial charge >= 0.3 is 12.3 Å². The summed E-state index contributed by atoms with van der Waals surface area (Å²) in [6.45, 7) is -3.02. The highest BCUT2D eigenvalue weighted by Gasteiger charge is 2.18. The molecule has 0 bridgehead atoms. The van der Waals surface area contributed by atoms with E-state index in [0.717, 1.165) is 0 Å². The van der Waals surface area contributed by atoms with Gasteiger partial charge in [0.15, 0.2) is 0 Å². The zero-order valence-corrected chi connectivity index (χ0v) is 10.5. The van der Waals surface area contributed by atoms with E-state index in [4.69, 9.17) is 5.73 Å². The third kappa shape index (κ3) is 3.53. The SMILES string of the molecule is Nc1ccc([N+](=O)[O-])c(Nc2ccccc2OC(F)F)n1. The Morgan fingerprint density at radius 2 is 2.00 bits per heavy atom. The van der Waals surface area contributed by atoms with Gasteiger partial charge in [-0.15, -0.1) is 0 Å². The molecule has 0 fully saturated rings. The normalized spacial score (nSPS) is 10.4. The second kappa shape index (κ2) is 5.99. The van der Waals surface area contributed by atoms with Crippen LogP contribution >= 0.6 is 0 Å². The first-order valence-electron chi connectivity index (χ1n) is 5.69. The van der Waals surface area contributed by atoms with E-state index in [1.165, 1.54) is 30.3 Å². The number of hydrogen-bond acceptors (Lipinski definition) is 6. The smallest absolute Gasteiger partial charge is 0.387 e. The Labute approximate surface area is 117 Å². The average molecular weight is 296 g/mol. The molecule has 9 heteroatoms. The van der Waals surface area contributed by atoms with Crippen molar-refractivity contribution in [3.63, 3.8) is 0 Å². The van der Waals surface area contributed by atoms with Gasteiger partial charge in [0.05, 0.1) is 10.6 Å². The number of ether oxygens (including phenoxy) is 1. The molecule has 0 atom stereocenters. The van der Waals surface area contributed by atoms with Gasteiger partial charge in [-0.1, -0.05) is 12.1 Å². The maximum Gasteiger partial charge on any atom is 0.387 e. The Kier molecular flexibility index (Phi) is 4.12. The molecule has 0 amide bonds. The quantitative estimate of drug-likeness (QED) is 0.649. The van der Waals surface area contributed by atoms with Crippen LogP contribution in [0.25, 0.3) is 0 Å². The van der Waals surface area contributed by atoms with Gasteiger partial charge in [-0.3, -0.25) is 10.1 Å². The number of benzene rings is 1. The summed E-state index contributed by atoms with van der Waals surface area (Å²) < 4.78 is 29.0. The number of nitrogens with zero attached hydrogens (tertiary/aromatic N) is 2. The molecule has 1 aromatic carbocycles. The molecule has 1 aromatic heterocycles. The van der Waals surface area contributed by atoms with Crippen LogP contribution in [-0.2, 0) is 0 Å². The Bertz CT molecular complexity index is 667. The van der Waals surface area contributed by atoms with E-state index < -0.39 is 11.5 Å². The Hall–Kier alpha value is -2.97. The lowest BCUT2D eigenvalue weighted by Crippen LogP contribution is -2.06. The van der Waals surface area contributed by atoms with Crippen molar-refractivity contribution in [2.24, 2.45) is 0 Å². The Morgan fingerprint density at radius 3 is 2.67 bits per heavy atom. The number of para-hydroxylation sites is 2. The highest BCUT2D eigenvalue weighted by atomic mass is 19.3. The first-order valence-corrected chi connectivity index (χ1v) is 5.69. The second-order valence-corrected chi connectivity index (χ2v) is 3.86. The minimum atomic E-state index is -3.02. The van der Waals surface area contributed by atoms with Crippen molar-refractivity contribution in [1.82, 2.24) is 4.98 Å². The zero-order chi connectivity index (χ0) is 15.4. The summed E-state index contributed by atoms with van der Waals surface area (Å²) in [5.41, 5.74) is 5.25. The summed E-state index contributed by atoms with van der Waals surface area (Å²) in [4.78, 5) is 14.0. The Balaban J connectivity index is 2.38. The zero-order valence-electron chi connectivity index (χ0n) is 10.5. The lowest BCUT2D eigenvalue weighted by atomic mass is 10.3. The number of nitro groups is 1. The molecule has 110 valence electrons. The van der Waals surface area contributed by atoms with Crippen molar-refractivity contribution < 1.29 is 18.4 Å². The van der Waals surface area contributed by atoms with Crippen LogP contribution in [0, 0.1) is 10.1 Å². The highest BCUT2D eigenvalue weighted by Crippen LogP contribution is 2.32. The van der Waals surface area contributed by atoms with Gasteiger partial charge in [-0.25, -0.2) is 4.98 Å². The van der Waals surface area contributed by atoms with Crippen molar-refractivity contribution in [3.05, 3.63) is 46.5 Å². The van der Waals surface area contributed by atoms with Gasteiger partial charge in [-0.05, 0) is 18.2 Å². The molecule has 0 saturated carbocycles. The van der Waals surface area contributed by atoms with Crippen LogP contribution in [0.15, 0.2) is 36.4 Å². The van der Waals surface area contributed by atoms with Crippen LogP contribution in [0.4, 0.5) is 31.8 Å². The largest absolute Gasteiger partial charge is 0.433 e. The first kappa shape index (κ1) is 14.4. The molecule has 0 aliphatic rings. The third-order valence-corrected chi connectivity index (χ3v) is 2.45. The first-order chi connectivity index (χ1) is 9.97. The lowest BCUT2D eigenvalue weighted by Gasteiger charge is -2.12. The maximum absolute atomic E-state index is 12.3. The molecular weight excluding hydrogens is 286 g/mol. The molecule has 2 aromatic rings. The number of nitrogens with two attached hydrogens (primary N) is 1. The number of anilines is 3. The van der Waals surface area contributed by atoms with Crippen LogP contribution in [0.2, 0.25) is 0 Å². The van der Waals surface area contributed by atoms with Gasteiger partial charge in [-0.2, -0.15) is 8.78 Å². The van der Waals surface area contributed by atoms with Crippen LogP contribution < -0.4 is 15.8 Å². The average Bonchev–Trinajstić information content (AvgIpc) is 2.40. The molecular formula is C12H10F2N4O3. The fourth-order valence-corrected chi connectivity index (χ4v) is 1.60. The van der Waals surface area contributed by atoms with Gasteiger partial charge in [0.1, 0.15) is 11.6 Å². The molecule has 0 unspecified atom stereocenters. The van der Waals surface area contributed by atoms with Gasteiger partial charge in [0.2, 0.25) is 5.82 Å². The number of rotatable bonds is 5. The molecule has 0 aliphatic carbocycles.